The maximum atomic E-state index is 11.2. The molecular weight excluding hydrogens is 272 g/mol. The average Bonchev–Trinajstić information content (AvgIpc) is 2.60. The van der Waals surface area contributed by atoms with Gasteiger partial charge in [0.1, 0.15) is 0 Å². The lowest BCUT2D eigenvalue weighted by Gasteiger charge is -2.65. The van der Waals surface area contributed by atoms with E-state index in [1.54, 1.807) is 0 Å². The van der Waals surface area contributed by atoms with E-state index in [0.29, 0.717) is 28.6 Å². The maximum Gasteiger partial charge on any atom is 0.0654 e. The minimum absolute atomic E-state index is 0.00505. The largest absolute Gasteiger partial charge is 0.393 e. The van der Waals surface area contributed by atoms with Crippen molar-refractivity contribution >= 4 is 0 Å². The van der Waals surface area contributed by atoms with Crippen LogP contribution in [-0.4, -0.2) is 21.9 Å². The molecule has 0 aliphatic heterocycles. The number of hydrogen-bond acceptors (Lipinski definition) is 2. The van der Waals surface area contributed by atoms with Gasteiger partial charge in [-0.05, 0) is 80.5 Å². The highest BCUT2D eigenvalue weighted by atomic mass is 16.3. The summed E-state index contributed by atoms with van der Waals surface area (Å²) in [7, 11) is 0. The van der Waals surface area contributed by atoms with Gasteiger partial charge in [-0.15, -0.1) is 0 Å². The van der Waals surface area contributed by atoms with E-state index in [1.807, 2.05) is 6.92 Å². The lowest BCUT2D eigenvalue weighted by Crippen LogP contribution is -2.61. The third kappa shape index (κ3) is 1.75. The molecule has 1 spiro atoms. The Morgan fingerprint density at radius 1 is 0.955 bits per heavy atom. The molecule has 2 nitrogen and oxygen atoms in total. The Balaban J connectivity index is 1.78. The van der Waals surface area contributed by atoms with Crippen LogP contribution in [0.2, 0.25) is 0 Å². The molecule has 126 valence electrons. The van der Waals surface area contributed by atoms with Gasteiger partial charge in [0.25, 0.3) is 0 Å². The smallest absolute Gasteiger partial charge is 0.0654 e. The lowest BCUT2D eigenvalue weighted by atomic mass is 9.40. The summed E-state index contributed by atoms with van der Waals surface area (Å²) in [4.78, 5) is 0. The van der Waals surface area contributed by atoms with E-state index in [2.05, 4.69) is 20.8 Å². The third-order valence-corrected chi connectivity index (χ3v) is 8.89. The molecule has 0 aromatic rings. The molecule has 0 amide bonds. The fourth-order valence-corrected chi connectivity index (χ4v) is 8.00. The summed E-state index contributed by atoms with van der Waals surface area (Å²) in [5.74, 6) is 1.66. The molecule has 2 N–H and O–H groups in total. The van der Waals surface area contributed by atoms with Crippen molar-refractivity contribution in [2.45, 2.75) is 90.8 Å². The van der Waals surface area contributed by atoms with Gasteiger partial charge in [0.05, 0.1) is 11.7 Å². The van der Waals surface area contributed by atoms with Crippen LogP contribution >= 0.6 is 0 Å². The third-order valence-electron chi connectivity index (χ3n) is 8.89. The first kappa shape index (κ1) is 15.4. The first-order chi connectivity index (χ1) is 10.1. The van der Waals surface area contributed by atoms with Crippen LogP contribution in [0.3, 0.4) is 0 Å². The summed E-state index contributed by atoms with van der Waals surface area (Å²) >= 11 is 0. The molecule has 0 saturated heterocycles. The first-order valence-electron chi connectivity index (χ1n) is 9.52. The maximum absolute atomic E-state index is 11.2. The highest BCUT2D eigenvalue weighted by Crippen LogP contribution is 2.72. The summed E-state index contributed by atoms with van der Waals surface area (Å²) in [5, 5.41) is 22.1. The molecule has 0 heterocycles. The highest BCUT2D eigenvalue weighted by molar-refractivity contribution is 5.18. The van der Waals surface area contributed by atoms with Gasteiger partial charge in [0.2, 0.25) is 0 Å². The summed E-state index contributed by atoms with van der Waals surface area (Å²) in [6.07, 6.45) is 9.01. The minimum Gasteiger partial charge on any atom is -0.393 e. The van der Waals surface area contributed by atoms with Crippen molar-refractivity contribution in [2.24, 2.45) is 34.0 Å². The second-order valence-corrected chi connectivity index (χ2v) is 10.5. The normalized spacial score (nSPS) is 59.7. The molecule has 4 rings (SSSR count). The SMILES string of the molecule is CC1(C)CCCC2(C)C1CC(O)C13CC(CCC21)C(C)(O)C3. The van der Waals surface area contributed by atoms with E-state index in [4.69, 9.17) is 0 Å². The van der Waals surface area contributed by atoms with Crippen LogP contribution in [0, 0.1) is 34.0 Å². The Hall–Kier alpha value is -0.0800. The van der Waals surface area contributed by atoms with E-state index >= 15 is 0 Å². The standard InChI is InChI=1S/C20H34O2/c1-17(2)8-5-9-18(3)14-7-6-13-11-20(14,12-19(13,4)22)16(21)10-15(17)18/h13-16,21-22H,5-12H2,1-4H3. The molecule has 2 heteroatoms. The zero-order chi connectivity index (χ0) is 16.0. The predicted octanol–water partition coefficient (Wildman–Crippen LogP) is 4.14. The van der Waals surface area contributed by atoms with Crippen molar-refractivity contribution in [3.8, 4) is 0 Å². The second-order valence-electron chi connectivity index (χ2n) is 10.5. The summed E-state index contributed by atoms with van der Waals surface area (Å²) in [6, 6.07) is 0. The zero-order valence-corrected chi connectivity index (χ0v) is 14.9. The van der Waals surface area contributed by atoms with E-state index in [0.717, 1.165) is 25.7 Å². The van der Waals surface area contributed by atoms with Crippen molar-refractivity contribution in [1.82, 2.24) is 0 Å². The molecule has 2 bridgehead atoms. The van der Waals surface area contributed by atoms with Gasteiger partial charge in [-0.1, -0.05) is 27.2 Å². The molecular formula is C20H34O2. The molecule has 4 aliphatic carbocycles. The van der Waals surface area contributed by atoms with Crippen LogP contribution in [0.15, 0.2) is 0 Å². The molecule has 4 saturated carbocycles. The first-order valence-corrected chi connectivity index (χ1v) is 9.52. The van der Waals surface area contributed by atoms with Gasteiger partial charge in [-0.3, -0.25) is 0 Å². The van der Waals surface area contributed by atoms with Crippen LogP contribution in [0.4, 0.5) is 0 Å². The second kappa shape index (κ2) is 4.30. The Morgan fingerprint density at radius 2 is 1.68 bits per heavy atom. The number of aliphatic hydroxyl groups is 2. The van der Waals surface area contributed by atoms with Gasteiger partial charge in [0, 0.05) is 5.41 Å². The van der Waals surface area contributed by atoms with Crippen LogP contribution < -0.4 is 0 Å². The van der Waals surface area contributed by atoms with Gasteiger partial charge >= 0.3 is 0 Å². The van der Waals surface area contributed by atoms with Crippen molar-refractivity contribution in [1.29, 1.82) is 0 Å². The van der Waals surface area contributed by atoms with Gasteiger partial charge in [-0.2, -0.15) is 0 Å². The monoisotopic (exact) mass is 306 g/mol. The summed E-state index contributed by atoms with van der Waals surface area (Å²) in [6.45, 7) is 9.41. The molecule has 7 unspecified atom stereocenters. The molecule has 0 aromatic heterocycles. The topological polar surface area (TPSA) is 40.5 Å². The van der Waals surface area contributed by atoms with Gasteiger partial charge in [0.15, 0.2) is 0 Å². The molecule has 7 atom stereocenters. The van der Waals surface area contributed by atoms with Crippen molar-refractivity contribution in [2.75, 3.05) is 0 Å². The minimum atomic E-state index is -0.552. The fourth-order valence-electron chi connectivity index (χ4n) is 8.00. The zero-order valence-electron chi connectivity index (χ0n) is 14.9. The van der Waals surface area contributed by atoms with Gasteiger partial charge < -0.3 is 10.2 Å². The van der Waals surface area contributed by atoms with Crippen molar-refractivity contribution < 1.29 is 10.2 Å². The number of aliphatic hydroxyl groups excluding tert-OH is 1. The Morgan fingerprint density at radius 3 is 2.41 bits per heavy atom. The number of hydrogen-bond donors (Lipinski definition) is 2. The van der Waals surface area contributed by atoms with Crippen LogP contribution in [0.1, 0.15) is 79.1 Å². The summed E-state index contributed by atoms with van der Waals surface area (Å²) in [5.41, 5.74) is 0.175. The van der Waals surface area contributed by atoms with Crippen LogP contribution in [0.25, 0.3) is 0 Å². The van der Waals surface area contributed by atoms with E-state index in [1.165, 1.54) is 25.7 Å². The van der Waals surface area contributed by atoms with Gasteiger partial charge in [-0.25, -0.2) is 0 Å². The van der Waals surface area contributed by atoms with Crippen molar-refractivity contribution in [3.63, 3.8) is 0 Å². The molecule has 0 radical (unpaired) electrons. The highest BCUT2D eigenvalue weighted by Gasteiger charge is 2.69. The van der Waals surface area contributed by atoms with E-state index in [9.17, 15) is 10.2 Å². The van der Waals surface area contributed by atoms with Crippen molar-refractivity contribution in [3.05, 3.63) is 0 Å². The van der Waals surface area contributed by atoms with E-state index in [-0.39, 0.29) is 11.5 Å². The Labute approximate surface area is 135 Å². The molecule has 22 heavy (non-hydrogen) atoms. The Bertz CT molecular complexity index is 482. The molecule has 4 aliphatic rings. The molecule has 0 aromatic carbocycles. The van der Waals surface area contributed by atoms with Crippen LogP contribution in [-0.2, 0) is 0 Å². The fraction of sp³-hybridized carbons (Fsp3) is 1.00. The quantitative estimate of drug-likeness (QED) is 0.706. The lowest BCUT2D eigenvalue weighted by molar-refractivity contribution is -0.197. The molecule has 4 fully saturated rings. The number of rotatable bonds is 0. The van der Waals surface area contributed by atoms with Crippen LogP contribution in [0.5, 0.6) is 0 Å². The summed E-state index contributed by atoms with van der Waals surface area (Å²) < 4.78 is 0. The Kier molecular flexibility index (Phi) is 3.02. The number of fused-ring (bicyclic) bond motifs is 3. The predicted molar refractivity (Wildman–Crippen MR) is 88.4 cm³/mol. The van der Waals surface area contributed by atoms with E-state index < -0.39 is 5.60 Å². The average molecular weight is 306 g/mol.